The molecule has 0 saturated carbocycles. The Labute approximate surface area is 134 Å². The maximum atomic E-state index is 9.17. The number of fused-ring (bicyclic) bond motifs is 2. The Morgan fingerprint density at radius 2 is 1.30 bits per heavy atom. The maximum absolute atomic E-state index is 9.17. The molecule has 0 saturated heterocycles. The zero-order valence-corrected chi connectivity index (χ0v) is 12.5. The van der Waals surface area contributed by atoms with Gasteiger partial charge in [-0.25, -0.2) is 4.98 Å². The number of aliphatic hydroxyl groups excluding tert-OH is 1. The highest BCUT2D eigenvalue weighted by Crippen LogP contribution is 2.32. The van der Waals surface area contributed by atoms with Gasteiger partial charge >= 0.3 is 0 Å². The molecule has 0 unspecified atom stereocenters. The summed E-state index contributed by atoms with van der Waals surface area (Å²) in [5.41, 5.74) is 4.90. The van der Waals surface area contributed by atoms with Crippen molar-refractivity contribution in [3.8, 4) is 0 Å². The minimum Gasteiger partial charge on any atom is -0.392 e. The van der Waals surface area contributed by atoms with E-state index in [1.165, 1.54) is 0 Å². The molecular formula is C20H16N2O. The van der Waals surface area contributed by atoms with Gasteiger partial charge in [0, 0.05) is 16.5 Å². The van der Waals surface area contributed by atoms with Crippen LogP contribution in [0.4, 0.5) is 11.4 Å². The third-order valence-electron chi connectivity index (χ3n) is 3.99. The number of aromatic nitrogens is 1. The molecular weight excluding hydrogens is 284 g/mol. The molecule has 3 nitrogen and oxygen atoms in total. The van der Waals surface area contributed by atoms with E-state index < -0.39 is 0 Å². The molecule has 23 heavy (non-hydrogen) atoms. The average Bonchev–Trinajstić information content (AvgIpc) is 2.62. The second-order valence-corrected chi connectivity index (χ2v) is 5.50. The molecule has 112 valence electrons. The zero-order valence-electron chi connectivity index (χ0n) is 12.5. The fourth-order valence-corrected chi connectivity index (χ4v) is 2.81. The molecule has 0 aliphatic rings. The van der Waals surface area contributed by atoms with Gasteiger partial charge in [-0.1, -0.05) is 48.5 Å². The van der Waals surface area contributed by atoms with Crippen molar-refractivity contribution in [1.29, 1.82) is 0 Å². The largest absolute Gasteiger partial charge is 0.392 e. The van der Waals surface area contributed by atoms with E-state index in [4.69, 9.17) is 4.98 Å². The summed E-state index contributed by atoms with van der Waals surface area (Å²) in [4.78, 5) is 4.73. The first-order chi connectivity index (χ1) is 11.3. The smallest absolute Gasteiger partial charge is 0.0730 e. The lowest BCUT2D eigenvalue weighted by Crippen LogP contribution is -1.95. The van der Waals surface area contributed by atoms with Crippen LogP contribution in [0.5, 0.6) is 0 Å². The number of rotatable bonds is 3. The van der Waals surface area contributed by atoms with Crippen LogP contribution in [0.15, 0.2) is 72.8 Å². The standard InChI is InChI=1S/C20H16N2O/c23-13-14-9-11-15(12-10-14)21-20-16-5-1-3-7-18(16)22-19-8-4-2-6-17(19)20/h1-12,23H,13H2,(H,21,22). The topological polar surface area (TPSA) is 45.1 Å². The molecule has 1 heterocycles. The van der Waals surface area contributed by atoms with Crippen LogP contribution in [0.1, 0.15) is 5.56 Å². The first kappa shape index (κ1) is 13.7. The first-order valence-corrected chi connectivity index (χ1v) is 7.59. The monoisotopic (exact) mass is 300 g/mol. The summed E-state index contributed by atoms with van der Waals surface area (Å²) in [7, 11) is 0. The lowest BCUT2D eigenvalue weighted by molar-refractivity contribution is 0.282. The Bertz CT molecular complexity index is 924. The molecule has 4 rings (SSSR count). The van der Waals surface area contributed by atoms with Crippen molar-refractivity contribution >= 4 is 33.2 Å². The fourth-order valence-electron chi connectivity index (χ4n) is 2.81. The molecule has 2 N–H and O–H groups in total. The van der Waals surface area contributed by atoms with Crippen molar-refractivity contribution in [2.45, 2.75) is 6.61 Å². The number of hydrogen-bond acceptors (Lipinski definition) is 3. The zero-order chi connectivity index (χ0) is 15.6. The van der Waals surface area contributed by atoms with E-state index in [1.54, 1.807) is 0 Å². The van der Waals surface area contributed by atoms with Crippen molar-refractivity contribution in [2.24, 2.45) is 0 Å². The molecule has 4 aromatic rings. The second kappa shape index (κ2) is 5.71. The van der Waals surface area contributed by atoms with Gasteiger partial charge in [-0.05, 0) is 29.8 Å². The van der Waals surface area contributed by atoms with Crippen molar-refractivity contribution in [2.75, 3.05) is 5.32 Å². The minimum atomic E-state index is 0.0569. The molecule has 0 radical (unpaired) electrons. The number of benzene rings is 3. The number of nitrogens with one attached hydrogen (secondary N) is 1. The molecule has 3 aromatic carbocycles. The number of nitrogens with zero attached hydrogens (tertiary/aromatic N) is 1. The second-order valence-electron chi connectivity index (χ2n) is 5.50. The van der Waals surface area contributed by atoms with Gasteiger partial charge in [0.25, 0.3) is 0 Å². The predicted molar refractivity (Wildman–Crippen MR) is 94.9 cm³/mol. The molecule has 1 aromatic heterocycles. The van der Waals surface area contributed by atoms with Gasteiger partial charge in [-0.15, -0.1) is 0 Å². The first-order valence-electron chi connectivity index (χ1n) is 7.59. The van der Waals surface area contributed by atoms with Gasteiger partial charge < -0.3 is 10.4 Å². The van der Waals surface area contributed by atoms with E-state index >= 15 is 0 Å². The number of para-hydroxylation sites is 2. The summed E-state index contributed by atoms with van der Waals surface area (Å²) in [5, 5.41) is 14.9. The van der Waals surface area contributed by atoms with Crippen molar-refractivity contribution in [3.05, 3.63) is 78.4 Å². The molecule has 0 bridgehead atoms. The van der Waals surface area contributed by atoms with Crippen molar-refractivity contribution in [1.82, 2.24) is 4.98 Å². The van der Waals surface area contributed by atoms with Crippen LogP contribution >= 0.6 is 0 Å². The minimum absolute atomic E-state index is 0.0569. The molecule has 0 atom stereocenters. The Kier molecular flexibility index (Phi) is 3.41. The van der Waals surface area contributed by atoms with Gasteiger partial charge in [-0.2, -0.15) is 0 Å². The van der Waals surface area contributed by atoms with Crippen LogP contribution in [0, 0.1) is 0 Å². The Morgan fingerprint density at radius 3 is 1.87 bits per heavy atom. The van der Waals surface area contributed by atoms with Crippen LogP contribution in [-0.2, 0) is 6.61 Å². The van der Waals surface area contributed by atoms with Crippen LogP contribution in [0.25, 0.3) is 21.8 Å². The molecule has 0 spiro atoms. The SMILES string of the molecule is OCc1ccc(Nc2c3ccccc3nc3ccccc23)cc1. The van der Waals surface area contributed by atoms with Crippen LogP contribution in [0.2, 0.25) is 0 Å². The molecule has 0 amide bonds. The van der Waals surface area contributed by atoms with Crippen LogP contribution in [-0.4, -0.2) is 10.1 Å². The Hall–Kier alpha value is -2.91. The highest BCUT2D eigenvalue weighted by Gasteiger charge is 2.08. The highest BCUT2D eigenvalue weighted by molar-refractivity contribution is 6.08. The summed E-state index contributed by atoms with van der Waals surface area (Å²) in [6.07, 6.45) is 0. The summed E-state index contributed by atoms with van der Waals surface area (Å²) in [5.74, 6) is 0. The van der Waals surface area contributed by atoms with Crippen LogP contribution in [0.3, 0.4) is 0 Å². The molecule has 3 heteroatoms. The third kappa shape index (κ3) is 2.51. The van der Waals surface area contributed by atoms with E-state index in [9.17, 15) is 5.11 Å². The van der Waals surface area contributed by atoms with E-state index in [-0.39, 0.29) is 6.61 Å². The Balaban J connectivity index is 1.91. The van der Waals surface area contributed by atoms with Gasteiger partial charge in [0.15, 0.2) is 0 Å². The number of hydrogen-bond donors (Lipinski definition) is 2. The number of anilines is 2. The van der Waals surface area contributed by atoms with E-state index in [0.29, 0.717) is 0 Å². The number of pyridine rings is 1. The molecule has 0 aliphatic carbocycles. The summed E-state index contributed by atoms with van der Waals surface area (Å²) >= 11 is 0. The van der Waals surface area contributed by atoms with E-state index in [0.717, 1.165) is 38.7 Å². The predicted octanol–water partition coefficient (Wildman–Crippen LogP) is 4.62. The van der Waals surface area contributed by atoms with E-state index in [2.05, 4.69) is 17.4 Å². The number of aliphatic hydroxyl groups is 1. The lowest BCUT2D eigenvalue weighted by atomic mass is 10.1. The van der Waals surface area contributed by atoms with Gasteiger partial charge in [0.2, 0.25) is 0 Å². The van der Waals surface area contributed by atoms with Gasteiger partial charge in [0.1, 0.15) is 0 Å². The fraction of sp³-hybridized carbons (Fsp3) is 0.0500. The van der Waals surface area contributed by atoms with Crippen LogP contribution < -0.4 is 5.32 Å². The molecule has 0 aliphatic heterocycles. The quantitative estimate of drug-likeness (QED) is 0.542. The lowest BCUT2D eigenvalue weighted by Gasteiger charge is -2.13. The van der Waals surface area contributed by atoms with Gasteiger partial charge in [-0.3, -0.25) is 0 Å². The summed E-state index contributed by atoms with van der Waals surface area (Å²) < 4.78 is 0. The van der Waals surface area contributed by atoms with E-state index in [1.807, 2.05) is 60.7 Å². The summed E-state index contributed by atoms with van der Waals surface area (Å²) in [6.45, 7) is 0.0569. The Morgan fingerprint density at radius 1 is 0.739 bits per heavy atom. The normalized spacial score (nSPS) is 11.0. The van der Waals surface area contributed by atoms with Crippen molar-refractivity contribution in [3.63, 3.8) is 0 Å². The molecule has 0 fully saturated rings. The average molecular weight is 300 g/mol. The van der Waals surface area contributed by atoms with Gasteiger partial charge in [0.05, 0.1) is 23.3 Å². The highest BCUT2D eigenvalue weighted by atomic mass is 16.3. The third-order valence-corrected chi connectivity index (χ3v) is 3.99. The maximum Gasteiger partial charge on any atom is 0.0730 e. The summed E-state index contributed by atoms with van der Waals surface area (Å²) in [6, 6.07) is 24.1. The van der Waals surface area contributed by atoms with Crippen molar-refractivity contribution < 1.29 is 5.11 Å².